The Morgan fingerprint density at radius 1 is 0.667 bits per heavy atom. The fraction of sp³-hybridized carbons (Fsp3) is 0.273. The van der Waals surface area contributed by atoms with E-state index in [-0.39, 0.29) is 67.5 Å². The maximum Gasteiger partial charge on any atom is 2.00 e. The monoisotopic (exact) mass is 610 g/mol. The number of hydrogen-bond donors (Lipinski definition) is 0. The first-order valence-electron chi connectivity index (χ1n) is 8.92. The molecular weight excluding hydrogens is 579 g/mol. The molecule has 0 saturated heterocycles. The van der Waals surface area contributed by atoms with E-state index in [0.29, 0.717) is 11.1 Å². The average molecular weight is 612 g/mol. The molecular formula is C22H32Cu2N2O10+2. The molecule has 2 aromatic rings. The van der Waals surface area contributed by atoms with Gasteiger partial charge in [0.15, 0.2) is 0 Å². The molecule has 0 heterocycles. The Kier molecular flexibility index (Phi) is 26.4. The van der Waals surface area contributed by atoms with Crippen molar-refractivity contribution in [3.8, 4) is 11.5 Å². The number of benzene rings is 2. The molecule has 0 unspecified atom stereocenters. The molecule has 0 saturated carbocycles. The van der Waals surface area contributed by atoms with Crippen LogP contribution in [-0.2, 0) is 54.7 Å². The first-order chi connectivity index (χ1) is 13.9. The Labute approximate surface area is 230 Å². The van der Waals surface area contributed by atoms with Gasteiger partial charge < -0.3 is 51.9 Å². The van der Waals surface area contributed by atoms with Gasteiger partial charge in [0.2, 0.25) is 0 Å². The summed E-state index contributed by atoms with van der Waals surface area (Å²) in [5.41, 5.74) is -1.90. The third-order valence-corrected chi connectivity index (χ3v) is 3.89. The first-order valence-corrected chi connectivity index (χ1v) is 8.92. The van der Waals surface area contributed by atoms with Crippen LogP contribution in [0.15, 0.2) is 58.5 Å². The number of para-hydroxylation sites is 2. The predicted octanol–water partition coefficient (Wildman–Crippen LogP) is -4.08. The maximum absolute atomic E-state index is 11.3. The quantitative estimate of drug-likeness (QED) is 0.178. The van der Waals surface area contributed by atoms with E-state index in [2.05, 4.69) is 9.98 Å². The van der Waals surface area contributed by atoms with Crippen LogP contribution in [0.25, 0.3) is 0 Å². The molecule has 0 spiro atoms. The van der Waals surface area contributed by atoms with Crippen LogP contribution in [0.4, 0.5) is 0 Å². The molecule has 2 rings (SSSR count). The molecule has 0 aliphatic heterocycles. The minimum Gasteiger partial charge on any atom is -0.872 e. The summed E-state index contributed by atoms with van der Waals surface area (Å²) >= 11 is 0. The molecule has 0 aliphatic carbocycles. The number of carboxylic acid groups (broad SMARTS) is 2. The van der Waals surface area contributed by atoms with E-state index < -0.39 is 23.0 Å². The van der Waals surface area contributed by atoms with E-state index in [1.807, 2.05) is 0 Å². The van der Waals surface area contributed by atoms with Crippen molar-refractivity contribution in [3.63, 3.8) is 0 Å². The zero-order chi connectivity index (χ0) is 22.9. The van der Waals surface area contributed by atoms with Gasteiger partial charge in [-0.1, -0.05) is 48.5 Å². The molecule has 10 N–H and O–H groups in total. The van der Waals surface area contributed by atoms with Crippen molar-refractivity contribution in [1.82, 2.24) is 0 Å². The van der Waals surface area contributed by atoms with Crippen molar-refractivity contribution in [1.29, 1.82) is 0 Å². The normalized spacial score (nSPS) is 9.89. The average Bonchev–Trinajstić information content (AvgIpc) is 2.67. The zero-order valence-corrected chi connectivity index (χ0v) is 21.8. The number of rotatable bonds is 6. The van der Waals surface area contributed by atoms with Gasteiger partial charge in [-0.15, -0.1) is 11.5 Å². The molecule has 210 valence electrons. The van der Waals surface area contributed by atoms with E-state index >= 15 is 0 Å². The molecule has 2 radical (unpaired) electrons. The van der Waals surface area contributed by atoms with E-state index in [4.69, 9.17) is 0 Å². The van der Waals surface area contributed by atoms with Gasteiger partial charge in [0, 0.05) is 12.4 Å². The summed E-state index contributed by atoms with van der Waals surface area (Å²) in [5, 5.41) is 43.8. The maximum atomic E-state index is 11.3. The van der Waals surface area contributed by atoms with Crippen LogP contribution in [0.2, 0.25) is 0 Å². The van der Waals surface area contributed by atoms with E-state index in [0.717, 1.165) is 0 Å². The number of carboxylic acids is 2. The van der Waals surface area contributed by atoms with Gasteiger partial charge >= 0.3 is 34.1 Å². The molecule has 36 heavy (non-hydrogen) atoms. The summed E-state index contributed by atoms with van der Waals surface area (Å²) in [5.74, 6) is -2.92. The fourth-order valence-electron chi connectivity index (χ4n) is 1.74. The van der Waals surface area contributed by atoms with E-state index in [1.54, 1.807) is 36.4 Å². The second-order valence-corrected chi connectivity index (χ2v) is 7.28. The standard InChI is InChI=1S/2C11H13NO3.2Cu.4H2O/c2*1-11(2,10(14)15)12-7-8-5-3-4-6-9(8)13;;;;;;/h2*3-7,13H,1-2H3,(H,14,15);;;4*1H2/q;;2*+2;;;;/p-2. The van der Waals surface area contributed by atoms with Gasteiger partial charge in [0.05, 0.1) is 23.0 Å². The third-order valence-electron chi connectivity index (χ3n) is 3.89. The number of hydrogen-bond acceptors (Lipinski definition) is 8. The zero-order valence-electron chi connectivity index (χ0n) is 19.9. The van der Waals surface area contributed by atoms with Gasteiger partial charge in [-0.25, -0.2) is 0 Å². The second kappa shape index (κ2) is 20.4. The molecule has 0 aromatic heterocycles. The topological polar surface area (TPSA) is 280 Å². The summed E-state index contributed by atoms with van der Waals surface area (Å²) in [4.78, 5) is 28.8. The molecule has 14 heteroatoms. The van der Waals surface area contributed by atoms with Gasteiger partial charge in [0.1, 0.15) is 0 Å². The van der Waals surface area contributed by atoms with Crippen LogP contribution in [0.1, 0.15) is 38.8 Å². The molecule has 0 amide bonds. The van der Waals surface area contributed by atoms with Crippen molar-refractivity contribution >= 4 is 24.4 Å². The van der Waals surface area contributed by atoms with Crippen LogP contribution in [-0.4, -0.2) is 46.4 Å². The van der Waals surface area contributed by atoms with Crippen LogP contribution in [0.3, 0.4) is 0 Å². The molecule has 0 atom stereocenters. The number of aliphatic carboxylic acids is 2. The van der Waals surface area contributed by atoms with Crippen molar-refractivity contribution in [2.75, 3.05) is 0 Å². The summed E-state index contributed by atoms with van der Waals surface area (Å²) < 4.78 is 0. The van der Waals surface area contributed by atoms with Crippen LogP contribution in [0.5, 0.6) is 11.5 Å². The summed E-state index contributed by atoms with van der Waals surface area (Å²) in [7, 11) is 0. The Morgan fingerprint density at radius 3 is 1.14 bits per heavy atom. The Bertz CT molecular complexity index is 890. The second-order valence-electron chi connectivity index (χ2n) is 7.28. The Hall–Kier alpha value is -2.80. The van der Waals surface area contributed by atoms with Gasteiger partial charge in [0.25, 0.3) is 0 Å². The van der Waals surface area contributed by atoms with Gasteiger partial charge in [-0.05, 0) is 38.8 Å². The Balaban J connectivity index is -0.000000107. The van der Waals surface area contributed by atoms with Crippen LogP contribution < -0.4 is 20.4 Å². The van der Waals surface area contributed by atoms with E-state index in [1.165, 1.54) is 52.3 Å². The van der Waals surface area contributed by atoms with Crippen molar-refractivity contribution in [3.05, 3.63) is 59.7 Å². The van der Waals surface area contributed by atoms with Crippen molar-refractivity contribution < 1.29 is 86.1 Å². The van der Waals surface area contributed by atoms with Crippen LogP contribution >= 0.6 is 0 Å². The number of nitrogens with zero attached hydrogens (tertiary/aromatic N) is 2. The SMILES string of the molecule is CC(C)(N=Cc1ccccc1[O-])C(=O)[O-].CC(C)(N=Cc1ccccc1[O-])C(=O)[O-].O.O.[Cu+2].[Cu+2].[OH3+].[OH3+]. The summed E-state index contributed by atoms with van der Waals surface area (Å²) in [6.07, 6.45) is 2.52. The Morgan fingerprint density at radius 2 is 0.917 bits per heavy atom. The van der Waals surface area contributed by atoms with Crippen molar-refractivity contribution in [2.24, 2.45) is 9.98 Å². The molecule has 12 nitrogen and oxygen atoms in total. The largest absolute Gasteiger partial charge is 2.00 e. The minimum absolute atomic E-state index is 0. The number of aliphatic imine (C=N–C) groups is 2. The smallest absolute Gasteiger partial charge is 0.872 e. The minimum atomic E-state index is -1.32. The number of carbonyl (C=O) groups is 2. The molecule has 0 aliphatic rings. The van der Waals surface area contributed by atoms with Crippen LogP contribution in [0, 0.1) is 0 Å². The molecule has 0 fully saturated rings. The third kappa shape index (κ3) is 15.2. The van der Waals surface area contributed by atoms with Gasteiger partial charge in [-0.2, -0.15) is 0 Å². The molecule has 2 aromatic carbocycles. The molecule has 0 bridgehead atoms. The summed E-state index contributed by atoms with van der Waals surface area (Å²) in [6.45, 7) is 5.64. The first kappa shape index (κ1) is 46.5. The van der Waals surface area contributed by atoms with Gasteiger partial charge in [-0.3, -0.25) is 9.98 Å². The predicted molar refractivity (Wildman–Crippen MR) is 122 cm³/mol. The number of carbonyl (C=O) groups excluding carboxylic acids is 2. The summed E-state index contributed by atoms with van der Waals surface area (Å²) in [6, 6.07) is 12.6. The fourth-order valence-corrected chi connectivity index (χ4v) is 1.74. The van der Waals surface area contributed by atoms with Crippen molar-refractivity contribution in [2.45, 2.75) is 38.8 Å². The van der Waals surface area contributed by atoms with E-state index in [9.17, 15) is 30.0 Å².